The molecule has 0 saturated heterocycles. The van der Waals surface area contributed by atoms with E-state index in [4.69, 9.17) is 5.73 Å². The fourth-order valence-electron chi connectivity index (χ4n) is 4.38. The molecule has 0 unspecified atom stereocenters. The van der Waals surface area contributed by atoms with Gasteiger partial charge in [-0.25, -0.2) is 4.68 Å². The molecule has 0 aliphatic heterocycles. The monoisotopic (exact) mass is 446 g/mol. The predicted octanol–water partition coefficient (Wildman–Crippen LogP) is 3.83. The zero-order chi connectivity index (χ0) is 21.1. The number of hydrogen-bond donors (Lipinski definition) is 3. The molecule has 4 rings (SSSR count). The SMILES string of the molecule is Cc1ccc(NC(=O)C2CCCC2)cc1NC(=O)c1cn(C2CCC(N)CC2)nn1.Cl. The summed E-state index contributed by atoms with van der Waals surface area (Å²) in [5, 5.41) is 14.1. The number of aromatic nitrogens is 3. The van der Waals surface area contributed by atoms with E-state index in [1.54, 1.807) is 16.9 Å². The van der Waals surface area contributed by atoms with E-state index >= 15 is 0 Å². The van der Waals surface area contributed by atoms with Crippen LogP contribution < -0.4 is 16.4 Å². The van der Waals surface area contributed by atoms with Gasteiger partial charge in [0.1, 0.15) is 0 Å². The van der Waals surface area contributed by atoms with Crippen LogP contribution in [0.4, 0.5) is 11.4 Å². The first-order valence-corrected chi connectivity index (χ1v) is 10.9. The minimum absolute atomic E-state index is 0. The molecule has 2 fully saturated rings. The number of carbonyl (C=O) groups excluding carboxylic acids is 2. The van der Waals surface area contributed by atoms with E-state index in [-0.39, 0.29) is 47.9 Å². The molecule has 4 N–H and O–H groups in total. The van der Waals surface area contributed by atoms with E-state index in [9.17, 15) is 9.59 Å². The van der Waals surface area contributed by atoms with Gasteiger partial charge < -0.3 is 16.4 Å². The highest BCUT2D eigenvalue weighted by molar-refractivity contribution is 6.03. The van der Waals surface area contributed by atoms with Gasteiger partial charge in [-0.15, -0.1) is 17.5 Å². The van der Waals surface area contributed by atoms with Crippen molar-refractivity contribution < 1.29 is 9.59 Å². The van der Waals surface area contributed by atoms with Crippen LogP contribution in [-0.2, 0) is 4.79 Å². The number of benzene rings is 1. The van der Waals surface area contributed by atoms with Crippen LogP contribution in [0.3, 0.4) is 0 Å². The van der Waals surface area contributed by atoms with Crippen LogP contribution in [0, 0.1) is 12.8 Å². The summed E-state index contributed by atoms with van der Waals surface area (Å²) < 4.78 is 1.78. The first-order valence-electron chi connectivity index (χ1n) is 10.9. The van der Waals surface area contributed by atoms with Crippen molar-refractivity contribution in [1.29, 1.82) is 0 Å². The average molecular weight is 447 g/mol. The summed E-state index contributed by atoms with van der Waals surface area (Å²) >= 11 is 0. The van der Waals surface area contributed by atoms with E-state index in [1.165, 1.54) is 0 Å². The maximum Gasteiger partial charge on any atom is 0.277 e. The highest BCUT2D eigenvalue weighted by Gasteiger charge is 2.24. The summed E-state index contributed by atoms with van der Waals surface area (Å²) in [5.74, 6) is -0.159. The van der Waals surface area contributed by atoms with E-state index in [0.717, 1.165) is 56.9 Å². The lowest BCUT2D eigenvalue weighted by molar-refractivity contribution is -0.119. The fraction of sp³-hybridized carbons (Fsp3) is 0.545. The minimum atomic E-state index is -0.309. The largest absolute Gasteiger partial charge is 0.328 e. The van der Waals surface area contributed by atoms with E-state index in [2.05, 4.69) is 20.9 Å². The van der Waals surface area contributed by atoms with Gasteiger partial charge in [0.25, 0.3) is 5.91 Å². The Morgan fingerprint density at radius 1 is 1.06 bits per heavy atom. The van der Waals surface area contributed by atoms with Crippen LogP contribution in [0.1, 0.15) is 73.5 Å². The molecule has 31 heavy (non-hydrogen) atoms. The first kappa shape index (κ1) is 23.2. The van der Waals surface area contributed by atoms with Crippen LogP contribution in [0.5, 0.6) is 0 Å². The van der Waals surface area contributed by atoms with E-state index < -0.39 is 0 Å². The Morgan fingerprint density at radius 3 is 2.48 bits per heavy atom. The van der Waals surface area contributed by atoms with Crippen LogP contribution in [0.25, 0.3) is 0 Å². The normalized spacial score (nSPS) is 21.4. The van der Waals surface area contributed by atoms with Crippen molar-refractivity contribution >= 4 is 35.6 Å². The molecular formula is C22H31ClN6O2. The Hall–Kier alpha value is -2.45. The number of halogens is 1. The molecule has 1 aromatic heterocycles. The number of carbonyl (C=O) groups is 2. The van der Waals surface area contributed by atoms with Crippen LogP contribution in [-0.4, -0.2) is 32.9 Å². The van der Waals surface area contributed by atoms with Gasteiger partial charge in [0.05, 0.1) is 12.2 Å². The third-order valence-corrected chi connectivity index (χ3v) is 6.34. The number of anilines is 2. The standard InChI is InChI=1S/C22H30N6O2.ClH/c1-14-6-9-17(24-21(29)15-4-2-3-5-15)12-19(14)25-22(30)20-13-28(27-26-20)18-10-7-16(23)8-11-18;/h6,9,12-13,15-16,18H,2-5,7-8,10-11,23H2,1H3,(H,24,29)(H,25,30);1H. The van der Waals surface area contributed by atoms with Crippen molar-refractivity contribution in [2.75, 3.05) is 10.6 Å². The molecule has 2 amide bonds. The molecule has 2 aliphatic rings. The maximum atomic E-state index is 12.7. The predicted molar refractivity (Wildman–Crippen MR) is 122 cm³/mol. The van der Waals surface area contributed by atoms with Crippen molar-refractivity contribution in [2.45, 2.75) is 70.4 Å². The molecule has 0 radical (unpaired) electrons. The number of amides is 2. The summed E-state index contributed by atoms with van der Waals surface area (Å²) in [7, 11) is 0. The Morgan fingerprint density at radius 2 is 1.77 bits per heavy atom. The molecule has 1 heterocycles. The summed E-state index contributed by atoms with van der Waals surface area (Å²) in [6.07, 6.45) is 9.66. The van der Waals surface area contributed by atoms with Crippen molar-refractivity contribution in [3.63, 3.8) is 0 Å². The molecule has 2 aromatic rings. The van der Waals surface area contributed by atoms with E-state index in [1.807, 2.05) is 19.1 Å². The van der Waals surface area contributed by atoms with Crippen molar-refractivity contribution in [3.05, 3.63) is 35.7 Å². The molecule has 1 aromatic carbocycles. The number of nitrogens with zero attached hydrogens (tertiary/aromatic N) is 3. The second-order valence-corrected chi connectivity index (χ2v) is 8.61. The zero-order valence-electron chi connectivity index (χ0n) is 17.8. The van der Waals surface area contributed by atoms with Gasteiger partial charge in [-0.2, -0.15) is 0 Å². The second-order valence-electron chi connectivity index (χ2n) is 8.61. The van der Waals surface area contributed by atoms with Gasteiger partial charge in [-0.05, 0) is 63.1 Å². The lowest BCUT2D eigenvalue weighted by atomic mass is 9.92. The number of rotatable bonds is 5. The lowest BCUT2D eigenvalue weighted by Gasteiger charge is -2.25. The molecule has 0 atom stereocenters. The number of nitrogens with one attached hydrogen (secondary N) is 2. The number of hydrogen-bond acceptors (Lipinski definition) is 5. The van der Waals surface area contributed by atoms with Crippen LogP contribution >= 0.6 is 12.4 Å². The third-order valence-electron chi connectivity index (χ3n) is 6.34. The van der Waals surface area contributed by atoms with Gasteiger partial charge in [-0.1, -0.05) is 24.1 Å². The summed E-state index contributed by atoms with van der Waals surface area (Å²) in [6, 6.07) is 6.06. The van der Waals surface area contributed by atoms with Crippen LogP contribution in [0.15, 0.2) is 24.4 Å². The van der Waals surface area contributed by atoms with Crippen molar-refractivity contribution in [1.82, 2.24) is 15.0 Å². The van der Waals surface area contributed by atoms with Crippen molar-refractivity contribution in [3.8, 4) is 0 Å². The summed E-state index contributed by atoms with van der Waals surface area (Å²) in [6.45, 7) is 1.92. The highest BCUT2D eigenvalue weighted by Crippen LogP contribution is 2.28. The minimum Gasteiger partial charge on any atom is -0.328 e. The third kappa shape index (κ3) is 5.62. The Labute approximate surface area is 188 Å². The Bertz CT molecular complexity index is 916. The maximum absolute atomic E-state index is 12.7. The lowest BCUT2D eigenvalue weighted by Crippen LogP contribution is -2.28. The van der Waals surface area contributed by atoms with Gasteiger partial charge >= 0.3 is 0 Å². The van der Waals surface area contributed by atoms with E-state index in [0.29, 0.717) is 11.4 Å². The molecule has 168 valence electrons. The van der Waals surface area contributed by atoms with Gasteiger partial charge in [-0.3, -0.25) is 9.59 Å². The average Bonchev–Trinajstić information content (AvgIpc) is 3.43. The molecule has 8 nitrogen and oxygen atoms in total. The zero-order valence-corrected chi connectivity index (χ0v) is 18.7. The Balaban J connectivity index is 0.00000272. The highest BCUT2D eigenvalue weighted by atomic mass is 35.5. The fourth-order valence-corrected chi connectivity index (χ4v) is 4.38. The molecule has 9 heteroatoms. The van der Waals surface area contributed by atoms with Crippen LogP contribution in [0.2, 0.25) is 0 Å². The topological polar surface area (TPSA) is 115 Å². The number of nitrogens with two attached hydrogens (primary N) is 1. The quantitative estimate of drug-likeness (QED) is 0.645. The second kappa shape index (κ2) is 10.2. The molecule has 0 bridgehead atoms. The number of aryl methyl sites for hydroxylation is 1. The van der Waals surface area contributed by atoms with Gasteiger partial charge in [0.2, 0.25) is 5.91 Å². The molecule has 0 spiro atoms. The Kier molecular flexibility index (Phi) is 7.67. The summed E-state index contributed by atoms with van der Waals surface area (Å²) in [5.41, 5.74) is 8.51. The van der Waals surface area contributed by atoms with Gasteiger partial charge in [0, 0.05) is 23.3 Å². The van der Waals surface area contributed by atoms with Gasteiger partial charge in [0.15, 0.2) is 5.69 Å². The molecule has 2 aliphatic carbocycles. The first-order chi connectivity index (χ1) is 14.5. The smallest absolute Gasteiger partial charge is 0.277 e. The summed E-state index contributed by atoms with van der Waals surface area (Å²) in [4.78, 5) is 25.1. The molecule has 2 saturated carbocycles. The van der Waals surface area contributed by atoms with Crippen molar-refractivity contribution in [2.24, 2.45) is 11.7 Å². The molecular weight excluding hydrogens is 416 g/mol.